The summed E-state index contributed by atoms with van der Waals surface area (Å²) in [6.45, 7) is 2.17. The van der Waals surface area contributed by atoms with E-state index in [-0.39, 0.29) is 29.8 Å². The van der Waals surface area contributed by atoms with E-state index in [9.17, 15) is 15.0 Å². The molecule has 0 radical (unpaired) electrons. The first-order valence-corrected chi connectivity index (χ1v) is 8.55. The van der Waals surface area contributed by atoms with Gasteiger partial charge in [0.25, 0.3) is 0 Å². The fourth-order valence-corrected chi connectivity index (χ4v) is 4.36. The molecule has 0 heterocycles. The molecule has 0 bridgehead atoms. The summed E-state index contributed by atoms with van der Waals surface area (Å²) in [6, 6.07) is 0. The third-order valence-corrected chi connectivity index (χ3v) is 6.16. The van der Waals surface area contributed by atoms with Gasteiger partial charge in [0, 0.05) is 11.3 Å². The molecule has 4 nitrogen and oxygen atoms in total. The molecule has 3 aliphatic rings. The summed E-state index contributed by atoms with van der Waals surface area (Å²) in [5.74, 6) is -0.499. The van der Waals surface area contributed by atoms with Crippen molar-refractivity contribution in [2.24, 2.45) is 23.2 Å². The molecule has 0 aromatic heterocycles. The van der Waals surface area contributed by atoms with E-state index in [2.05, 4.69) is 13.0 Å². The maximum atomic E-state index is 11.3. The molecule has 3 aliphatic carbocycles. The van der Waals surface area contributed by atoms with Crippen molar-refractivity contribution in [1.82, 2.24) is 0 Å². The van der Waals surface area contributed by atoms with Crippen LogP contribution in [0, 0.1) is 23.2 Å². The highest BCUT2D eigenvalue weighted by molar-refractivity contribution is 5.70. The second-order valence-electron chi connectivity index (χ2n) is 7.43. The summed E-state index contributed by atoms with van der Waals surface area (Å²) < 4.78 is 0. The average Bonchev–Trinajstić information content (AvgIpc) is 3.22. The summed E-state index contributed by atoms with van der Waals surface area (Å²) in [6.07, 6.45) is 13.8. The van der Waals surface area contributed by atoms with Gasteiger partial charge in [0.15, 0.2) is 0 Å². The summed E-state index contributed by atoms with van der Waals surface area (Å²) in [5.41, 5.74) is 0.522. The van der Waals surface area contributed by atoms with Gasteiger partial charge in [0.2, 0.25) is 0 Å². The van der Waals surface area contributed by atoms with Crippen LogP contribution in [0.15, 0.2) is 36.0 Å². The van der Waals surface area contributed by atoms with E-state index in [0.29, 0.717) is 12.8 Å². The van der Waals surface area contributed by atoms with Gasteiger partial charge in [-0.15, -0.1) is 0 Å². The highest BCUT2D eigenvalue weighted by Crippen LogP contribution is 2.56. The maximum absolute atomic E-state index is 11.3. The number of carboxylic acids is 1. The standard InChI is InChI=1S/C19H26O4/c1-13(3-2-10-20)18(7-4-14(5-8-18)17(21)22)15-6-9-19(23)12-16(19)11-15/h2-3,6,9,11,13-14,16,20,23H,4-5,7-8,10,12H2,1H3,(H,21,22)/b3-2-/t13?,14?,16-,18?,19+/m1/s1. The summed E-state index contributed by atoms with van der Waals surface area (Å²) in [5, 5.41) is 28.5. The van der Waals surface area contributed by atoms with E-state index in [1.807, 2.05) is 18.2 Å². The molecule has 2 fully saturated rings. The first-order chi connectivity index (χ1) is 10.9. The van der Waals surface area contributed by atoms with E-state index < -0.39 is 11.6 Å². The number of fused-ring (bicyclic) bond motifs is 1. The number of allylic oxidation sites excluding steroid dienone is 3. The van der Waals surface area contributed by atoms with Crippen molar-refractivity contribution in [3.8, 4) is 0 Å². The monoisotopic (exact) mass is 318 g/mol. The normalized spacial score (nSPS) is 40.6. The molecule has 0 spiro atoms. The smallest absolute Gasteiger partial charge is 0.306 e. The summed E-state index contributed by atoms with van der Waals surface area (Å²) >= 11 is 0. The summed E-state index contributed by atoms with van der Waals surface area (Å²) in [7, 11) is 0. The molecule has 126 valence electrons. The quantitative estimate of drug-likeness (QED) is 0.681. The van der Waals surface area contributed by atoms with Gasteiger partial charge < -0.3 is 15.3 Å². The molecule has 0 amide bonds. The minimum atomic E-state index is -0.693. The van der Waals surface area contributed by atoms with Gasteiger partial charge in [-0.1, -0.05) is 37.3 Å². The van der Waals surface area contributed by atoms with E-state index in [0.717, 1.165) is 19.3 Å². The molecule has 0 aromatic rings. The molecule has 0 saturated heterocycles. The van der Waals surface area contributed by atoms with Crippen LogP contribution >= 0.6 is 0 Å². The minimum Gasteiger partial charge on any atom is -0.481 e. The highest BCUT2D eigenvalue weighted by atomic mass is 16.4. The van der Waals surface area contributed by atoms with Crippen molar-refractivity contribution < 1.29 is 20.1 Å². The molecule has 3 rings (SSSR count). The first-order valence-electron chi connectivity index (χ1n) is 8.55. The fourth-order valence-electron chi connectivity index (χ4n) is 4.36. The van der Waals surface area contributed by atoms with Gasteiger partial charge in [-0.05, 0) is 43.6 Å². The Labute approximate surface area is 137 Å². The fraction of sp³-hybridized carbons (Fsp3) is 0.632. The number of aliphatic carboxylic acids is 1. The minimum absolute atomic E-state index is 0.0232. The van der Waals surface area contributed by atoms with Crippen LogP contribution in [0.2, 0.25) is 0 Å². The molecule has 4 heteroatoms. The van der Waals surface area contributed by atoms with Crippen LogP contribution in [0.1, 0.15) is 39.0 Å². The van der Waals surface area contributed by atoms with Crippen LogP contribution in [0.5, 0.6) is 0 Å². The zero-order valence-corrected chi connectivity index (χ0v) is 13.6. The van der Waals surface area contributed by atoms with Crippen molar-refractivity contribution in [3.63, 3.8) is 0 Å². The van der Waals surface area contributed by atoms with Crippen LogP contribution in [0.25, 0.3) is 0 Å². The second kappa shape index (κ2) is 5.91. The molecule has 1 unspecified atom stereocenters. The average molecular weight is 318 g/mol. The van der Waals surface area contributed by atoms with E-state index in [1.54, 1.807) is 6.08 Å². The van der Waals surface area contributed by atoms with Gasteiger partial charge in [-0.3, -0.25) is 4.79 Å². The van der Waals surface area contributed by atoms with Gasteiger partial charge in [0.05, 0.1) is 18.1 Å². The SMILES string of the molecule is CC(/C=C\CO)C1(C2=C[C@@H]3C[C@@]3(O)C=C2)CCC(C(=O)O)CC1. The van der Waals surface area contributed by atoms with Crippen molar-refractivity contribution in [2.75, 3.05) is 6.61 Å². The van der Waals surface area contributed by atoms with Crippen molar-refractivity contribution in [1.29, 1.82) is 0 Å². The predicted octanol–water partition coefficient (Wildman–Crippen LogP) is 2.68. The number of hydrogen-bond donors (Lipinski definition) is 3. The van der Waals surface area contributed by atoms with Gasteiger partial charge in [-0.25, -0.2) is 0 Å². The topological polar surface area (TPSA) is 77.8 Å². The number of rotatable bonds is 5. The molecular formula is C19H26O4. The van der Waals surface area contributed by atoms with Crippen molar-refractivity contribution in [3.05, 3.63) is 36.0 Å². The molecule has 0 aromatic carbocycles. The van der Waals surface area contributed by atoms with Crippen LogP contribution in [0.3, 0.4) is 0 Å². The van der Waals surface area contributed by atoms with Gasteiger partial charge in [-0.2, -0.15) is 0 Å². The Morgan fingerprint density at radius 1 is 1.43 bits per heavy atom. The third kappa shape index (κ3) is 2.90. The van der Waals surface area contributed by atoms with Crippen LogP contribution in [0.4, 0.5) is 0 Å². The third-order valence-electron chi connectivity index (χ3n) is 6.16. The van der Waals surface area contributed by atoms with Gasteiger partial charge in [0.1, 0.15) is 0 Å². The Morgan fingerprint density at radius 3 is 2.70 bits per heavy atom. The summed E-state index contributed by atoms with van der Waals surface area (Å²) in [4.78, 5) is 11.3. The Morgan fingerprint density at radius 2 is 2.13 bits per heavy atom. The first kappa shape index (κ1) is 16.5. The number of carboxylic acid groups (broad SMARTS) is 1. The Balaban J connectivity index is 1.86. The molecule has 3 N–H and O–H groups in total. The van der Waals surface area contributed by atoms with E-state index in [4.69, 9.17) is 5.11 Å². The zero-order chi connectivity index (χ0) is 16.7. The van der Waals surface area contributed by atoms with Crippen LogP contribution in [-0.2, 0) is 4.79 Å². The predicted molar refractivity (Wildman–Crippen MR) is 87.7 cm³/mol. The zero-order valence-electron chi connectivity index (χ0n) is 13.6. The van der Waals surface area contributed by atoms with Gasteiger partial charge >= 0.3 is 5.97 Å². The number of aliphatic hydroxyl groups is 2. The molecule has 2 saturated carbocycles. The van der Waals surface area contributed by atoms with Crippen LogP contribution in [-0.4, -0.2) is 33.5 Å². The second-order valence-corrected chi connectivity index (χ2v) is 7.43. The highest BCUT2D eigenvalue weighted by Gasteiger charge is 2.53. The number of hydrogen-bond acceptors (Lipinski definition) is 3. The largest absolute Gasteiger partial charge is 0.481 e. The number of carbonyl (C=O) groups is 1. The lowest BCUT2D eigenvalue weighted by molar-refractivity contribution is -0.143. The van der Waals surface area contributed by atoms with Crippen LogP contribution < -0.4 is 0 Å². The Hall–Kier alpha value is -1.39. The van der Waals surface area contributed by atoms with Crippen molar-refractivity contribution >= 4 is 5.97 Å². The maximum Gasteiger partial charge on any atom is 0.306 e. The lowest BCUT2D eigenvalue weighted by atomic mass is 9.59. The van der Waals surface area contributed by atoms with E-state index >= 15 is 0 Å². The number of aliphatic hydroxyl groups excluding tert-OH is 1. The molecule has 3 atom stereocenters. The molecule has 0 aliphatic heterocycles. The lowest BCUT2D eigenvalue weighted by Crippen LogP contribution is -2.37. The lowest BCUT2D eigenvalue weighted by Gasteiger charge is -2.45. The molecule has 23 heavy (non-hydrogen) atoms. The Bertz CT molecular complexity index is 566. The molecular weight excluding hydrogens is 292 g/mol. The van der Waals surface area contributed by atoms with Crippen molar-refractivity contribution in [2.45, 2.75) is 44.6 Å². The van der Waals surface area contributed by atoms with E-state index in [1.165, 1.54) is 5.57 Å². The Kier molecular flexibility index (Phi) is 4.23.